The van der Waals surface area contributed by atoms with Crippen molar-refractivity contribution in [2.75, 3.05) is 4.90 Å². The Kier molecular flexibility index (Phi) is 5.65. The van der Waals surface area contributed by atoms with Gasteiger partial charge in [0, 0.05) is 27.9 Å². The summed E-state index contributed by atoms with van der Waals surface area (Å²) in [5.41, 5.74) is 16.8. The molecule has 6 aliphatic carbocycles. The van der Waals surface area contributed by atoms with Gasteiger partial charge in [0.1, 0.15) is 0 Å². The molecule has 0 aliphatic heterocycles. The van der Waals surface area contributed by atoms with E-state index in [1.54, 1.807) is 5.56 Å². The van der Waals surface area contributed by atoms with E-state index in [4.69, 9.17) is 0 Å². The van der Waals surface area contributed by atoms with Gasteiger partial charge in [-0.2, -0.15) is 0 Å². The molecule has 4 bridgehead atoms. The first-order valence-electron chi connectivity index (χ1n) is 18.1. The van der Waals surface area contributed by atoms with Gasteiger partial charge in [-0.15, -0.1) is 0 Å². The molecule has 47 heavy (non-hydrogen) atoms. The predicted molar refractivity (Wildman–Crippen MR) is 196 cm³/mol. The van der Waals surface area contributed by atoms with Crippen LogP contribution in [0.4, 0.5) is 17.1 Å². The Balaban J connectivity index is 1.11. The van der Waals surface area contributed by atoms with Crippen molar-refractivity contribution in [2.24, 2.45) is 17.8 Å². The van der Waals surface area contributed by atoms with Crippen LogP contribution in [-0.4, -0.2) is 0 Å². The van der Waals surface area contributed by atoms with Gasteiger partial charge in [-0.3, -0.25) is 0 Å². The number of fused-ring (bicyclic) bond motifs is 6. The summed E-state index contributed by atoms with van der Waals surface area (Å²) in [6.45, 7) is 9.56. The standard InChI is InChI=1S/C46H45N/c1-44(2)40-11-7-5-9-36(40)38-19-17-34(24-42(38)44)47(35-18-20-39-37-10-6-8-12-41(37)45(3,4)43(39)25-35)33-15-13-32(14-16-33)46-26-29-21-30(27-46)23-31(22-29)28-46/h5-20,24-25,29-31H,21-23,26-28H2,1-4H3. The van der Waals surface area contributed by atoms with Gasteiger partial charge < -0.3 is 4.90 Å². The quantitative estimate of drug-likeness (QED) is 0.195. The molecule has 5 aromatic carbocycles. The van der Waals surface area contributed by atoms with Crippen molar-refractivity contribution in [3.8, 4) is 22.3 Å². The molecule has 1 heteroatoms. The second-order valence-electron chi connectivity index (χ2n) is 16.9. The Bertz CT molecular complexity index is 1930. The first-order valence-corrected chi connectivity index (χ1v) is 18.1. The highest BCUT2D eigenvalue weighted by atomic mass is 15.1. The molecule has 5 aromatic rings. The Morgan fingerprint density at radius 3 is 1.32 bits per heavy atom. The fourth-order valence-corrected chi connectivity index (χ4v) is 11.5. The Morgan fingerprint density at radius 2 is 0.851 bits per heavy atom. The maximum Gasteiger partial charge on any atom is 0.0465 e. The van der Waals surface area contributed by atoms with E-state index >= 15 is 0 Å². The zero-order chi connectivity index (χ0) is 31.7. The number of benzene rings is 5. The van der Waals surface area contributed by atoms with E-state index in [1.165, 1.54) is 100 Å². The minimum Gasteiger partial charge on any atom is -0.310 e. The molecule has 0 spiro atoms. The molecule has 0 radical (unpaired) electrons. The minimum absolute atomic E-state index is 0.0441. The highest BCUT2D eigenvalue weighted by Crippen LogP contribution is 2.61. The summed E-state index contributed by atoms with van der Waals surface area (Å²) in [5, 5.41) is 0. The first kappa shape index (κ1) is 28.0. The van der Waals surface area contributed by atoms with Gasteiger partial charge in [0.15, 0.2) is 0 Å². The van der Waals surface area contributed by atoms with Crippen molar-refractivity contribution in [1.82, 2.24) is 0 Å². The van der Waals surface area contributed by atoms with Crippen LogP contribution < -0.4 is 4.90 Å². The highest BCUT2D eigenvalue weighted by Gasteiger charge is 2.51. The van der Waals surface area contributed by atoms with Crippen LogP contribution in [0.1, 0.15) is 94.0 Å². The van der Waals surface area contributed by atoms with E-state index in [2.05, 4.69) is 142 Å². The molecule has 0 unspecified atom stereocenters. The SMILES string of the molecule is CC1(C)c2ccccc2-c2ccc(N(c3ccc(C45CC6CC(CC(C6)C4)C5)cc3)c3ccc4c(c3)C(C)(C)c3ccccc3-4)cc21. The van der Waals surface area contributed by atoms with Gasteiger partial charge >= 0.3 is 0 Å². The summed E-state index contributed by atoms with van der Waals surface area (Å²) in [6.07, 6.45) is 8.68. The van der Waals surface area contributed by atoms with Crippen LogP contribution in [0.15, 0.2) is 109 Å². The number of nitrogens with zero attached hydrogens (tertiary/aromatic N) is 1. The lowest BCUT2D eigenvalue weighted by Crippen LogP contribution is -2.48. The van der Waals surface area contributed by atoms with E-state index in [0.717, 1.165) is 17.8 Å². The van der Waals surface area contributed by atoms with Crippen molar-refractivity contribution < 1.29 is 0 Å². The predicted octanol–water partition coefficient (Wildman–Crippen LogP) is 12.2. The summed E-state index contributed by atoms with van der Waals surface area (Å²) in [4.78, 5) is 2.53. The molecule has 234 valence electrons. The van der Waals surface area contributed by atoms with E-state index < -0.39 is 0 Å². The summed E-state index contributed by atoms with van der Waals surface area (Å²) >= 11 is 0. The summed E-state index contributed by atoms with van der Waals surface area (Å²) < 4.78 is 0. The van der Waals surface area contributed by atoms with Gasteiger partial charge in [0.2, 0.25) is 0 Å². The summed E-state index contributed by atoms with van der Waals surface area (Å²) in [7, 11) is 0. The fraction of sp³-hybridized carbons (Fsp3) is 0.348. The molecule has 0 amide bonds. The summed E-state index contributed by atoms with van der Waals surface area (Å²) in [6, 6.07) is 42.3. The molecular weight excluding hydrogens is 567 g/mol. The van der Waals surface area contributed by atoms with Crippen molar-refractivity contribution in [2.45, 2.75) is 82.5 Å². The van der Waals surface area contributed by atoms with E-state index in [1.807, 2.05) is 0 Å². The van der Waals surface area contributed by atoms with Crippen LogP contribution in [0, 0.1) is 17.8 Å². The van der Waals surface area contributed by atoms with Crippen LogP contribution in [0.25, 0.3) is 22.3 Å². The smallest absolute Gasteiger partial charge is 0.0465 e. The number of hydrogen-bond donors (Lipinski definition) is 0. The molecule has 0 saturated heterocycles. The average Bonchev–Trinajstić information content (AvgIpc) is 3.44. The van der Waals surface area contributed by atoms with Crippen molar-refractivity contribution in [1.29, 1.82) is 0 Å². The lowest BCUT2D eigenvalue weighted by atomic mass is 9.48. The number of anilines is 3. The summed E-state index contributed by atoms with van der Waals surface area (Å²) in [5.74, 6) is 2.86. The van der Waals surface area contributed by atoms with Crippen molar-refractivity contribution in [3.05, 3.63) is 137 Å². The minimum atomic E-state index is -0.0441. The van der Waals surface area contributed by atoms with Crippen molar-refractivity contribution in [3.63, 3.8) is 0 Å². The first-order chi connectivity index (χ1) is 22.7. The van der Waals surface area contributed by atoms with Crippen LogP contribution in [0.3, 0.4) is 0 Å². The second kappa shape index (κ2) is 9.50. The fourth-order valence-electron chi connectivity index (χ4n) is 11.5. The molecule has 6 aliphatic rings. The van der Waals surface area contributed by atoms with Crippen LogP contribution in [0.2, 0.25) is 0 Å². The van der Waals surface area contributed by atoms with Gasteiger partial charge in [-0.25, -0.2) is 0 Å². The lowest BCUT2D eigenvalue weighted by Gasteiger charge is -2.57. The third-order valence-corrected chi connectivity index (χ3v) is 13.4. The highest BCUT2D eigenvalue weighted by molar-refractivity contribution is 5.88. The molecular formula is C46H45N. The number of rotatable bonds is 4. The molecule has 11 rings (SSSR count). The van der Waals surface area contributed by atoms with Crippen LogP contribution in [0.5, 0.6) is 0 Å². The molecule has 0 aromatic heterocycles. The van der Waals surface area contributed by atoms with E-state index in [-0.39, 0.29) is 10.8 Å². The van der Waals surface area contributed by atoms with E-state index in [0.29, 0.717) is 5.41 Å². The average molecular weight is 612 g/mol. The Labute approximate surface area is 280 Å². The third kappa shape index (κ3) is 3.89. The van der Waals surface area contributed by atoms with Crippen molar-refractivity contribution >= 4 is 17.1 Å². The zero-order valence-corrected chi connectivity index (χ0v) is 28.3. The van der Waals surface area contributed by atoms with E-state index in [9.17, 15) is 0 Å². The second-order valence-corrected chi connectivity index (χ2v) is 16.9. The van der Waals surface area contributed by atoms with Gasteiger partial charge in [-0.05, 0) is 148 Å². The molecule has 1 nitrogen and oxygen atoms in total. The largest absolute Gasteiger partial charge is 0.310 e. The Hall–Kier alpha value is -4.10. The number of hydrogen-bond acceptors (Lipinski definition) is 1. The lowest BCUT2D eigenvalue weighted by molar-refractivity contribution is -0.00518. The molecule has 4 fully saturated rings. The zero-order valence-electron chi connectivity index (χ0n) is 28.3. The topological polar surface area (TPSA) is 3.24 Å². The van der Waals surface area contributed by atoms with Gasteiger partial charge in [0.05, 0.1) is 0 Å². The van der Waals surface area contributed by atoms with Gasteiger partial charge in [0.25, 0.3) is 0 Å². The Morgan fingerprint density at radius 1 is 0.447 bits per heavy atom. The molecule has 0 atom stereocenters. The monoisotopic (exact) mass is 611 g/mol. The molecule has 4 saturated carbocycles. The van der Waals surface area contributed by atoms with Gasteiger partial charge in [-0.1, -0.05) is 100 Å². The third-order valence-electron chi connectivity index (χ3n) is 13.4. The van der Waals surface area contributed by atoms with Crippen LogP contribution >= 0.6 is 0 Å². The molecule has 0 N–H and O–H groups in total. The normalized spacial score (nSPS) is 26.4. The molecule has 0 heterocycles. The maximum absolute atomic E-state index is 2.53. The maximum atomic E-state index is 2.53. The van der Waals surface area contributed by atoms with Crippen LogP contribution in [-0.2, 0) is 16.2 Å².